The monoisotopic (exact) mass is 382 g/mol. The maximum Gasteiger partial charge on any atom is 0.336 e. The molecule has 0 aromatic heterocycles. The Morgan fingerprint density at radius 1 is 0.926 bits per heavy atom. The zero-order chi connectivity index (χ0) is 19.2. The number of carboxylic acids is 1. The summed E-state index contributed by atoms with van der Waals surface area (Å²) in [6.45, 7) is 2.36. The molecule has 0 unspecified atom stereocenters. The molecule has 0 saturated carbocycles. The SMILES string of the molecule is Cc1cccc(COc2cccc(OCc3ccc(Cl)cc3)c2)c1C(=O)O. The van der Waals surface area contributed by atoms with Crippen molar-refractivity contribution in [3.05, 3.63) is 94.0 Å². The van der Waals surface area contributed by atoms with Gasteiger partial charge in [-0.25, -0.2) is 4.79 Å². The minimum Gasteiger partial charge on any atom is -0.489 e. The van der Waals surface area contributed by atoms with Crippen molar-refractivity contribution >= 4 is 17.6 Å². The number of rotatable bonds is 7. The van der Waals surface area contributed by atoms with E-state index in [9.17, 15) is 9.90 Å². The number of hydrogen-bond acceptors (Lipinski definition) is 3. The van der Waals surface area contributed by atoms with Gasteiger partial charge in [0.1, 0.15) is 24.7 Å². The summed E-state index contributed by atoms with van der Waals surface area (Å²) < 4.78 is 11.6. The molecule has 0 bridgehead atoms. The van der Waals surface area contributed by atoms with Crippen LogP contribution in [-0.4, -0.2) is 11.1 Å². The first-order chi connectivity index (χ1) is 13.0. The van der Waals surface area contributed by atoms with Gasteiger partial charge in [0.2, 0.25) is 0 Å². The fraction of sp³-hybridized carbons (Fsp3) is 0.136. The van der Waals surface area contributed by atoms with Crippen molar-refractivity contribution in [3.63, 3.8) is 0 Å². The predicted octanol–water partition coefficient (Wildman–Crippen LogP) is 5.50. The lowest BCUT2D eigenvalue weighted by atomic mass is 10.0. The predicted molar refractivity (Wildman–Crippen MR) is 105 cm³/mol. The number of aromatic carboxylic acids is 1. The van der Waals surface area contributed by atoms with Gasteiger partial charge in [0, 0.05) is 16.7 Å². The van der Waals surface area contributed by atoms with Crippen molar-refractivity contribution in [3.8, 4) is 11.5 Å². The van der Waals surface area contributed by atoms with Crippen LogP contribution in [0, 0.1) is 6.92 Å². The topological polar surface area (TPSA) is 55.8 Å². The third-order valence-corrected chi connectivity index (χ3v) is 4.34. The average molecular weight is 383 g/mol. The number of hydrogen-bond donors (Lipinski definition) is 1. The van der Waals surface area contributed by atoms with Crippen LogP contribution in [-0.2, 0) is 13.2 Å². The van der Waals surface area contributed by atoms with E-state index in [2.05, 4.69) is 0 Å². The van der Waals surface area contributed by atoms with E-state index in [1.165, 1.54) is 0 Å². The van der Waals surface area contributed by atoms with Crippen LogP contribution in [0.4, 0.5) is 0 Å². The summed E-state index contributed by atoms with van der Waals surface area (Å²) in [5, 5.41) is 10.1. The van der Waals surface area contributed by atoms with Gasteiger partial charge < -0.3 is 14.6 Å². The zero-order valence-corrected chi connectivity index (χ0v) is 15.6. The molecule has 1 N–H and O–H groups in total. The Balaban J connectivity index is 1.65. The van der Waals surface area contributed by atoms with E-state index in [1.54, 1.807) is 25.1 Å². The Kier molecular flexibility index (Phi) is 5.99. The van der Waals surface area contributed by atoms with Crippen molar-refractivity contribution in [1.82, 2.24) is 0 Å². The Morgan fingerprint density at radius 3 is 2.22 bits per heavy atom. The van der Waals surface area contributed by atoms with Crippen LogP contribution >= 0.6 is 11.6 Å². The van der Waals surface area contributed by atoms with Crippen LogP contribution in [0.2, 0.25) is 5.02 Å². The molecule has 0 fully saturated rings. The molecule has 0 aliphatic carbocycles. The molecule has 138 valence electrons. The smallest absolute Gasteiger partial charge is 0.336 e. The van der Waals surface area contributed by atoms with Gasteiger partial charge in [-0.2, -0.15) is 0 Å². The van der Waals surface area contributed by atoms with Gasteiger partial charge in [0.05, 0.1) is 5.56 Å². The fourth-order valence-electron chi connectivity index (χ4n) is 2.72. The normalized spacial score (nSPS) is 10.4. The second-order valence-corrected chi connectivity index (χ2v) is 6.53. The number of aryl methyl sites for hydroxylation is 1. The summed E-state index contributed by atoms with van der Waals surface area (Å²) in [7, 11) is 0. The highest BCUT2D eigenvalue weighted by Crippen LogP contribution is 2.23. The maximum atomic E-state index is 11.5. The van der Waals surface area contributed by atoms with Crippen molar-refractivity contribution in [2.24, 2.45) is 0 Å². The van der Waals surface area contributed by atoms with Crippen LogP contribution in [0.3, 0.4) is 0 Å². The van der Waals surface area contributed by atoms with Gasteiger partial charge in [-0.1, -0.05) is 48.0 Å². The van der Waals surface area contributed by atoms with E-state index < -0.39 is 5.97 Å². The lowest BCUT2D eigenvalue weighted by Crippen LogP contribution is -2.07. The molecule has 3 aromatic rings. The van der Waals surface area contributed by atoms with Crippen LogP contribution in [0.5, 0.6) is 11.5 Å². The molecule has 27 heavy (non-hydrogen) atoms. The molecule has 0 spiro atoms. The molecule has 3 rings (SSSR count). The molecule has 0 saturated heterocycles. The molecule has 0 aliphatic heterocycles. The summed E-state index contributed by atoms with van der Waals surface area (Å²) in [5.41, 5.74) is 2.64. The number of carboxylic acid groups (broad SMARTS) is 1. The molecule has 3 aromatic carbocycles. The lowest BCUT2D eigenvalue weighted by Gasteiger charge is -2.12. The highest BCUT2D eigenvalue weighted by atomic mass is 35.5. The van der Waals surface area contributed by atoms with E-state index in [0.29, 0.717) is 34.3 Å². The fourth-order valence-corrected chi connectivity index (χ4v) is 2.84. The highest BCUT2D eigenvalue weighted by molar-refractivity contribution is 6.30. The number of halogens is 1. The van der Waals surface area contributed by atoms with E-state index >= 15 is 0 Å². The highest BCUT2D eigenvalue weighted by Gasteiger charge is 2.13. The van der Waals surface area contributed by atoms with Crippen LogP contribution in [0.1, 0.15) is 27.0 Å². The minimum atomic E-state index is -0.952. The number of benzene rings is 3. The average Bonchev–Trinajstić information content (AvgIpc) is 2.66. The Labute approximate surface area is 162 Å². The Morgan fingerprint density at radius 2 is 1.56 bits per heavy atom. The standard InChI is InChI=1S/C22H19ClO4/c1-15-4-2-5-17(21(15)22(24)25)14-27-20-7-3-6-19(12-20)26-13-16-8-10-18(23)11-9-16/h2-12H,13-14H2,1H3,(H,24,25). The first-order valence-corrected chi connectivity index (χ1v) is 8.82. The summed E-state index contributed by atoms with van der Waals surface area (Å²) in [6.07, 6.45) is 0. The minimum absolute atomic E-state index is 0.171. The van der Waals surface area contributed by atoms with E-state index in [4.69, 9.17) is 21.1 Å². The van der Waals surface area contributed by atoms with Crippen LogP contribution in [0.15, 0.2) is 66.7 Å². The molecule has 0 heterocycles. The molecule has 0 radical (unpaired) electrons. The van der Waals surface area contributed by atoms with E-state index in [-0.39, 0.29) is 12.2 Å². The second-order valence-electron chi connectivity index (χ2n) is 6.09. The van der Waals surface area contributed by atoms with Gasteiger partial charge in [-0.05, 0) is 42.3 Å². The van der Waals surface area contributed by atoms with E-state index in [1.807, 2.05) is 48.5 Å². The van der Waals surface area contributed by atoms with Crippen molar-refractivity contribution in [2.75, 3.05) is 0 Å². The molecule has 5 heteroatoms. The summed E-state index contributed by atoms with van der Waals surface area (Å²) in [4.78, 5) is 11.5. The lowest BCUT2D eigenvalue weighted by molar-refractivity contribution is 0.0693. The number of ether oxygens (including phenoxy) is 2. The van der Waals surface area contributed by atoms with Gasteiger partial charge >= 0.3 is 5.97 Å². The molecular weight excluding hydrogens is 364 g/mol. The van der Waals surface area contributed by atoms with Crippen molar-refractivity contribution in [1.29, 1.82) is 0 Å². The summed E-state index contributed by atoms with van der Waals surface area (Å²) >= 11 is 5.88. The molecule has 0 amide bonds. The molecular formula is C22H19ClO4. The van der Waals surface area contributed by atoms with Gasteiger partial charge in [0.15, 0.2) is 0 Å². The van der Waals surface area contributed by atoms with Crippen LogP contribution < -0.4 is 9.47 Å². The quantitative estimate of drug-likeness (QED) is 0.585. The van der Waals surface area contributed by atoms with E-state index in [0.717, 1.165) is 5.56 Å². The maximum absolute atomic E-state index is 11.5. The van der Waals surface area contributed by atoms with Crippen molar-refractivity contribution < 1.29 is 19.4 Å². The first-order valence-electron chi connectivity index (χ1n) is 8.45. The number of carbonyl (C=O) groups is 1. The zero-order valence-electron chi connectivity index (χ0n) is 14.8. The van der Waals surface area contributed by atoms with Gasteiger partial charge in [-0.15, -0.1) is 0 Å². The summed E-state index contributed by atoms with van der Waals surface area (Å²) in [6, 6.07) is 20.1. The van der Waals surface area contributed by atoms with Crippen LogP contribution in [0.25, 0.3) is 0 Å². The molecule has 0 aliphatic rings. The van der Waals surface area contributed by atoms with Gasteiger partial charge in [0.25, 0.3) is 0 Å². The third-order valence-electron chi connectivity index (χ3n) is 4.09. The molecule has 4 nitrogen and oxygen atoms in total. The third kappa shape index (κ3) is 5.02. The van der Waals surface area contributed by atoms with Crippen molar-refractivity contribution in [2.45, 2.75) is 20.1 Å². The first kappa shape index (κ1) is 18.8. The largest absolute Gasteiger partial charge is 0.489 e. The Bertz CT molecular complexity index is 935. The Hall–Kier alpha value is -2.98. The summed E-state index contributed by atoms with van der Waals surface area (Å²) in [5.74, 6) is 0.332. The van der Waals surface area contributed by atoms with Gasteiger partial charge in [-0.3, -0.25) is 0 Å². The molecule has 0 atom stereocenters. The second kappa shape index (κ2) is 8.60.